The van der Waals surface area contributed by atoms with Gasteiger partial charge < -0.3 is 24.6 Å². The van der Waals surface area contributed by atoms with Crippen molar-refractivity contribution in [1.29, 1.82) is 0 Å². The van der Waals surface area contributed by atoms with E-state index in [-0.39, 0.29) is 41.5 Å². The van der Waals surface area contributed by atoms with Gasteiger partial charge in [0, 0.05) is 32.9 Å². The van der Waals surface area contributed by atoms with E-state index in [0.717, 1.165) is 11.1 Å². The van der Waals surface area contributed by atoms with Crippen molar-refractivity contribution in [2.24, 2.45) is 0 Å². The maximum atomic E-state index is 13.9. The summed E-state index contributed by atoms with van der Waals surface area (Å²) in [6.07, 6.45) is 1.57. The Kier molecular flexibility index (Phi) is 10.6. The molecule has 0 unspecified atom stereocenters. The highest BCUT2D eigenvalue weighted by atomic mass is 16.5. The van der Waals surface area contributed by atoms with E-state index < -0.39 is 11.8 Å². The van der Waals surface area contributed by atoms with Gasteiger partial charge in [-0.15, -0.1) is 0 Å². The summed E-state index contributed by atoms with van der Waals surface area (Å²) >= 11 is 0. The van der Waals surface area contributed by atoms with Crippen molar-refractivity contribution in [3.63, 3.8) is 0 Å². The highest BCUT2D eigenvalue weighted by Gasteiger charge is 2.24. The number of carbonyl (C=O) groups excluding carboxylic acids is 2. The molecule has 8 heteroatoms. The minimum absolute atomic E-state index is 0.0107. The van der Waals surface area contributed by atoms with E-state index in [0.29, 0.717) is 24.4 Å². The van der Waals surface area contributed by atoms with E-state index in [1.807, 2.05) is 84.6 Å². The van der Waals surface area contributed by atoms with Gasteiger partial charge in [-0.1, -0.05) is 60.7 Å². The minimum Gasteiger partial charge on any atom is -0.507 e. The zero-order valence-electron chi connectivity index (χ0n) is 24.6. The molecule has 0 heterocycles. The third-order valence-corrected chi connectivity index (χ3v) is 6.66. The van der Waals surface area contributed by atoms with Crippen molar-refractivity contribution in [2.75, 3.05) is 20.7 Å². The van der Waals surface area contributed by atoms with Crippen molar-refractivity contribution in [3.05, 3.63) is 137 Å². The number of phenols is 2. The second kappa shape index (κ2) is 14.7. The highest BCUT2D eigenvalue weighted by molar-refractivity contribution is 6.09. The number of rotatable bonds is 13. The molecule has 2 N–H and O–H groups in total. The number of allylic oxidation sites excluding steroid dienone is 1. The Hall–Kier alpha value is -5.08. The van der Waals surface area contributed by atoms with Crippen molar-refractivity contribution < 1.29 is 29.3 Å². The molecule has 0 atom stereocenters. The number of ether oxygens (including phenoxy) is 2. The van der Waals surface area contributed by atoms with E-state index in [9.17, 15) is 19.8 Å². The van der Waals surface area contributed by atoms with Gasteiger partial charge in [-0.3, -0.25) is 9.69 Å². The fraction of sp³-hybridized carbons (Fsp3) is 0.200. The molecule has 0 saturated heterocycles. The molecule has 0 aliphatic rings. The summed E-state index contributed by atoms with van der Waals surface area (Å²) in [5, 5.41) is 21.8. The molecule has 4 rings (SSSR count). The first-order valence-electron chi connectivity index (χ1n) is 14.0. The zero-order valence-corrected chi connectivity index (χ0v) is 24.6. The number of nitrogens with zero attached hydrogens (tertiary/aromatic N) is 2. The number of esters is 1. The van der Waals surface area contributed by atoms with Crippen LogP contribution in [0.2, 0.25) is 0 Å². The monoisotopic (exact) mass is 580 g/mol. The van der Waals surface area contributed by atoms with Gasteiger partial charge in [0.15, 0.2) is 5.76 Å². The summed E-state index contributed by atoms with van der Waals surface area (Å²) in [6.45, 7) is 3.27. The molecule has 8 nitrogen and oxygen atoms in total. The number of phenolic OH excluding ortho intramolecular Hbond substituents is 2. The summed E-state index contributed by atoms with van der Waals surface area (Å²) in [6, 6.07) is 28.6. The van der Waals surface area contributed by atoms with Gasteiger partial charge in [0.1, 0.15) is 17.2 Å². The molecule has 0 aliphatic heterocycles. The number of benzene rings is 4. The molecule has 43 heavy (non-hydrogen) atoms. The van der Waals surface area contributed by atoms with E-state index in [1.165, 1.54) is 12.1 Å². The lowest BCUT2D eigenvalue weighted by atomic mass is 10.0. The second-order valence-corrected chi connectivity index (χ2v) is 10.2. The lowest BCUT2D eigenvalue weighted by Gasteiger charge is -2.20. The Balaban J connectivity index is 1.62. The summed E-state index contributed by atoms with van der Waals surface area (Å²) in [5.41, 5.74) is 2.68. The van der Waals surface area contributed by atoms with Crippen molar-refractivity contribution in [2.45, 2.75) is 26.6 Å². The fourth-order valence-corrected chi connectivity index (χ4v) is 4.57. The summed E-state index contributed by atoms with van der Waals surface area (Å²) in [5.74, 6) is -1.19. The molecule has 0 aliphatic carbocycles. The topological polar surface area (TPSA) is 99.5 Å². The van der Waals surface area contributed by atoms with Crippen molar-refractivity contribution >= 4 is 11.8 Å². The average molecular weight is 581 g/mol. The second-order valence-electron chi connectivity index (χ2n) is 10.2. The van der Waals surface area contributed by atoms with Crippen LogP contribution in [0.3, 0.4) is 0 Å². The number of hydrogen-bond donors (Lipinski definition) is 2. The van der Waals surface area contributed by atoms with Gasteiger partial charge in [-0.2, -0.15) is 0 Å². The summed E-state index contributed by atoms with van der Waals surface area (Å²) < 4.78 is 11.1. The first kappa shape index (κ1) is 30.9. The summed E-state index contributed by atoms with van der Waals surface area (Å²) in [4.78, 5) is 29.7. The van der Waals surface area contributed by atoms with Crippen LogP contribution in [-0.4, -0.2) is 52.5 Å². The molecule has 0 radical (unpaired) electrons. The third kappa shape index (κ3) is 8.47. The number of ketones is 1. The summed E-state index contributed by atoms with van der Waals surface area (Å²) in [7, 11) is 3.68. The Morgan fingerprint density at radius 2 is 1.37 bits per heavy atom. The van der Waals surface area contributed by atoms with E-state index in [4.69, 9.17) is 9.47 Å². The molecular formula is C35H36N2O6. The Morgan fingerprint density at radius 3 is 1.98 bits per heavy atom. The van der Waals surface area contributed by atoms with Crippen LogP contribution in [0.4, 0.5) is 0 Å². The third-order valence-electron chi connectivity index (χ3n) is 6.66. The lowest BCUT2D eigenvalue weighted by molar-refractivity contribution is 0.0526. The standard InChI is InChI=1S/C35H36N2O6/c1-4-42-35(41)27-15-17-28(18-16-27)43-32(24-37(3)22-26-13-9-6-10-14-26)34(40)29-19-20-31(38)30(33(29)39)23-36(2)21-25-11-7-5-8-12-25/h5-20,24,38-39H,4,21-23H2,1-3H3. The van der Waals surface area contributed by atoms with Crippen LogP contribution in [0.1, 0.15) is 44.3 Å². The van der Waals surface area contributed by atoms with E-state index in [1.54, 1.807) is 37.4 Å². The van der Waals surface area contributed by atoms with Crippen LogP contribution in [-0.2, 0) is 24.4 Å². The molecule has 0 amide bonds. The molecule has 0 bridgehead atoms. The molecular weight excluding hydrogens is 544 g/mol. The van der Waals surface area contributed by atoms with Gasteiger partial charge in [-0.25, -0.2) is 4.79 Å². The van der Waals surface area contributed by atoms with Crippen LogP contribution in [0.25, 0.3) is 0 Å². The van der Waals surface area contributed by atoms with Crippen molar-refractivity contribution in [1.82, 2.24) is 9.80 Å². The predicted octanol–water partition coefficient (Wildman–Crippen LogP) is 6.14. The van der Waals surface area contributed by atoms with Gasteiger partial charge in [0.2, 0.25) is 5.78 Å². The highest BCUT2D eigenvalue weighted by Crippen LogP contribution is 2.34. The molecule has 222 valence electrons. The van der Waals surface area contributed by atoms with Crippen LogP contribution < -0.4 is 4.74 Å². The lowest BCUT2D eigenvalue weighted by Crippen LogP contribution is -2.19. The number of Topliss-reactive ketones (excluding diaryl/α,β-unsaturated/α-hetero) is 1. The normalized spacial score (nSPS) is 11.3. The van der Waals surface area contributed by atoms with E-state index in [2.05, 4.69) is 0 Å². The van der Waals surface area contributed by atoms with Crippen LogP contribution in [0.5, 0.6) is 17.2 Å². The molecule has 4 aromatic rings. The Labute approximate surface area is 252 Å². The van der Waals surface area contributed by atoms with Gasteiger partial charge >= 0.3 is 5.97 Å². The van der Waals surface area contributed by atoms with Crippen molar-refractivity contribution in [3.8, 4) is 17.2 Å². The SMILES string of the molecule is CCOC(=O)c1ccc(OC(=CN(C)Cc2ccccc2)C(=O)c2ccc(O)c(CN(C)Cc3ccccc3)c2O)cc1. The average Bonchev–Trinajstić information content (AvgIpc) is 3.00. The number of hydrogen-bond acceptors (Lipinski definition) is 8. The first-order chi connectivity index (χ1) is 20.7. The largest absolute Gasteiger partial charge is 0.507 e. The molecule has 0 fully saturated rings. The Morgan fingerprint density at radius 1 is 0.767 bits per heavy atom. The number of carbonyl (C=O) groups is 2. The minimum atomic E-state index is -0.571. The molecule has 0 saturated carbocycles. The molecule has 0 spiro atoms. The van der Waals surface area contributed by atoms with Gasteiger partial charge in [-0.05, 0) is 61.5 Å². The molecule has 4 aromatic carbocycles. The maximum absolute atomic E-state index is 13.9. The quantitative estimate of drug-likeness (QED) is 0.0842. The van der Waals surface area contributed by atoms with Gasteiger partial charge in [0.05, 0.1) is 23.3 Å². The smallest absolute Gasteiger partial charge is 0.338 e. The zero-order chi connectivity index (χ0) is 30.8. The van der Waals surface area contributed by atoms with Gasteiger partial charge in [0.25, 0.3) is 0 Å². The maximum Gasteiger partial charge on any atom is 0.338 e. The van der Waals surface area contributed by atoms with E-state index >= 15 is 0 Å². The van der Waals surface area contributed by atoms with Crippen LogP contribution >= 0.6 is 0 Å². The Bertz CT molecular complexity index is 1550. The predicted molar refractivity (Wildman–Crippen MR) is 165 cm³/mol. The molecule has 0 aromatic heterocycles. The van der Waals surface area contributed by atoms with Crippen LogP contribution in [0.15, 0.2) is 109 Å². The first-order valence-corrected chi connectivity index (χ1v) is 14.0. The van der Waals surface area contributed by atoms with Crippen LogP contribution in [0, 0.1) is 0 Å². The fourth-order valence-electron chi connectivity index (χ4n) is 4.57. The number of aromatic hydroxyl groups is 2.